The Balaban J connectivity index is 2.00. The second kappa shape index (κ2) is 4.97. The first-order valence-electron chi connectivity index (χ1n) is 6.44. The first kappa shape index (κ1) is 13.2. The number of fused-ring (bicyclic) bond motifs is 1. The second-order valence-corrected chi connectivity index (χ2v) is 4.75. The Hall–Kier alpha value is -2.76. The van der Waals surface area contributed by atoms with E-state index in [1.807, 2.05) is 24.3 Å². The maximum Gasteiger partial charge on any atom is 0.205 e. The van der Waals surface area contributed by atoms with E-state index in [-0.39, 0.29) is 17.8 Å². The van der Waals surface area contributed by atoms with Gasteiger partial charge in [-0.3, -0.25) is 15.8 Å². The molecule has 6 heteroatoms. The van der Waals surface area contributed by atoms with Crippen molar-refractivity contribution >= 4 is 11.6 Å². The topological polar surface area (TPSA) is 74.4 Å². The largest absolute Gasteiger partial charge is 0.494 e. The van der Waals surface area contributed by atoms with Crippen molar-refractivity contribution in [3.05, 3.63) is 59.4 Å². The summed E-state index contributed by atoms with van der Waals surface area (Å²) >= 11 is 0. The number of nitrogens with one attached hydrogen (secondary N) is 2. The number of nitrogens with two attached hydrogens (primary N) is 1. The van der Waals surface area contributed by atoms with Gasteiger partial charge in [0.2, 0.25) is 5.96 Å². The average molecular weight is 286 g/mol. The van der Waals surface area contributed by atoms with Gasteiger partial charge in [-0.1, -0.05) is 24.3 Å². The molecule has 5 nitrogen and oxygen atoms in total. The molecule has 1 aliphatic rings. The van der Waals surface area contributed by atoms with Crippen LogP contribution in [0.15, 0.2) is 42.5 Å². The van der Waals surface area contributed by atoms with E-state index in [1.54, 1.807) is 17.1 Å². The second-order valence-electron chi connectivity index (χ2n) is 4.75. The van der Waals surface area contributed by atoms with Crippen LogP contribution in [0.5, 0.6) is 5.75 Å². The van der Waals surface area contributed by atoms with Crippen molar-refractivity contribution in [2.75, 3.05) is 12.1 Å². The molecule has 2 aromatic rings. The zero-order valence-corrected chi connectivity index (χ0v) is 11.4. The summed E-state index contributed by atoms with van der Waals surface area (Å²) in [5.74, 6) is -0.372. The summed E-state index contributed by atoms with van der Waals surface area (Å²) in [5.41, 5.74) is 10.9. The van der Waals surface area contributed by atoms with Gasteiger partial charge in [-0.15, -0.1) is 0 Å². The van der Waals surface area contributed by atoms with Crippen LogP contribution >= 0.6 is 0 Å². The van der Waals surface area contributed by atoms with Gasteiger partial charge in [-0.2, -0.15) is 0 Å². The van der Waals surface area contributed by atoms with Gasteiger partial charge in [0.1, 0.15) is 6.04 Å². The number of hydrazine groups is 1. The number of benzene rings is 2. The van der Waals surface area contributed by atoms with Gasteiger partial charge in [0.25, 0.3) is 0 Å². The number of hydrogen-bond acceptors (Lipinski definition) is 3. The van der Waals surface area contributed by atoms with Gasteiger partial charge >= 0.3 is 0 Å². The molecule has 0 bridgehead atoms. The minimum absolute atomic E-state index is 0.163. The smallest absolute Gasteiger partial charge is 0.205 e. The van der Waals surface area contributed by atoms with Crippen molar-refractivity contribution in [2.45, 2.75) is 6.04 Å². The third kappa shape index (κ3) is 2.14. The molecule has 0 radical (unpaired) electrons. The molecule has 4 N–H and O–H groups in total. The molecule has 0 saturated heterocycles. The molecule has 2 aromatic carbocycles. The number of halogens is 1. The van der Waals surface area contributed by atoms with Crippen LogP contribution in [0.2, 0.25) is 0 Å². The summed E-state index contributed by atoms with van der Waals surface area (Å²) in [6, 6.07) is 12.4. The Morgan fingerprint density at radius 3 is 2.76 bits per heavy atom. The SMILES string of the molecule is COc1ccc(C2c3ccccc3N2NC(=N)N)cc1F. The number of guanidine groups is 1. The summed E-state index contributed by atoms with van der Waals surface area (Å²) in [6.07, 6.45) is 0. The molecule has 1 atom stereocenters. The Bertz CT molecular complexity index is 704. The molecule has 0 saturated carbocycles. The van der Waals surface area contributed by atoms with Crippen LogP contribution in [0, 0.1) is 11.2 Å². The maximum absolute atomic E-state index is 13.9. The predicted molar refractivity (Wildman–Crippen MR) is 78.8 cm³/mol. The van der Waals surface area contributed by atoms with Crippen molar-refractivity contribution in [2.24, 2.45) is 5.73 Å². The molecule has 1 aliphatic heterocycles. The zero-order valence-electron chi connectivity index (χ0n) is 11.4. The molecular formula is C15H15FN4O. The maximum atomic E-state index is 13.9. The van der Waals surface area contributed by atoms with E-state index in [0.29, 0.717) is 0 Å². The van der Waals surface area contributed by atoms with E-state index in [0.717, 1.165) is 16.8 Å². The highest BCUT2D eigenvalue weighted by molar-refractivity contribution is 5.80. The molecule has 0 spiro atoms. The highest BCUT2D eigenvalue weighted by Crippen LogP contribution is 2.45. The number of nitrogens with zero attached hydrogens (tertiary/aromatic N) is 1. The molecule has 0 fully saturated rings. The number of rotatable bonds is 3. The van der Waals surface area contributed by atoms with Gasteiger partial charge in [-0.25, -0.2) is 4.39 Å². The van der Waals surface area contributed by atoms with Crippen molar-refractivity contribution in [1.82, 2.24) is 5.43 Å². The molecule has 108 valence electrons. The lowest BCUT2D eigenvalue weighted by Gasteiger charge is -2.44. The fourth-order valence-corrected chi connectivity index (χ4v) is 2.59. The first-order valence-corrected chi connectivity index (χ1v) is 6.44. The molecule has 1 heterocycles. The quantitative estimate of drug-likeness (QED) is 0.597. The monoisotopic (exact) mass is 286 g/mol. The van der Waals surface area contributed by atoms with Crippen molar-refractivity contribution in [3.63, 3.8) is 0 Å². The normalized spacial score (nSPS) is 15.9. The van der Waals surface area contributed by atoms with Crippen LogP contribution in [-0.4, -0.2) is 13.1 Å². The van der Waals surface area contributed by atoms with E-state index < -0.39 is 5.82 Å². The van der Waals surface area contributed by atoms with Gasteiger partial charge in [0, 0.05) is 5.56 Å². The van der Waals surface area contributed by atoms with Crippen LogP contribution in [0.1, 0.15) is 17.2 Å². The highest BCUT2D eigenvalue weighted by Gasteiger charge is 2.36. The molecule has 1 unspecified atom stereocenters. The van der Waals surface area contributed by atoms with E-state index >= 15 is 0 Å². The summed E-state index contributed by atoms with van der Waals surface area (Å²) in [6.45, 7) is 0. The fraction of sp³-hybridized carbons (Fsp3) is 0.133. The van der Waals surface area contributed by atoms with Crippen LogP contribution in [-0.2, 0) is 0 Å². The van der Waals surface area contributed by atoms with Crippen LogP contribution in [0.3, 0.4) is 0 Å². The van der Waals surface area contributed by atoms with Crippen LogP contribution in [0.4, 0.5) is 10.1 Å². The Morgan fingerprint density at radius 1 is 1.33 bits per heavy atom. The standard InChI is InChI=1S/C15H15FN4O/c1-21-13-7-6-9(8-11(13)16)14-10-4-2-3-5-12(10)20(14)19-15(17)18/h2-8,14H,1H3,(H4,17,18,19). The number of anilines is 1. The first-order chi connectivity index (χ1) is 10.1. The molecule has 3 rings (SSSR count). The third-order valence-electron chi connectivity index (χ3n) is 3.48. The van der Waals surface area contributed by atoms with Crippen molar-refractivity contribution < 1.29 is 9.13 Å². The van der Waals surface area contributed by atoms with Gasteiger partial charge in [0.15, 0.2) is 11.6 Å². The van der Waals surface area contributed by atoms with Crippen LogP contribution < -0.4 is 20.9 Å². The predicted octanol–water partition coefficient (Wildman–Crippen LogP) is 2.14. The molecule has 0 aromatic heterocycles. The van der Waals surface area contributed by atoms with Gasteiger partial charge < -0.3 is 10.5 Å². The average Bonchev–Trinajstić information content (AvgIpc) is 2.45. The lowest BCUT2D eigenvalue weighted by Crippen LogP contribution is -2.53. The number of ether oxygens (including phenoxy) is 1. The summed E-state index contributed by atoms with van der Waals surface area (Å²) in [4.78, 5) is 0. The van der Waals surface area contributed by atoms with Gasteiger partial charge in [-0.05, 0) is 23.8 Å². The number of methoxy groups -OCH3 is 1. The highest BCUT2D eigenvalue weighted by atomic mass is 19.1. The number of hydrogen-bond donors (Lipinski definition) is 3. The lowest BCUT2D eigenvalue weighted by atomic mass is 9.89. The Labute approximate surface area is 121 Å². The molecule has 21 heavy (non-hydrogen) atoms. The summed E-state index contributed by atoms with van der Waals surface area (Å²) in [7, 11) is 1.43. The Morgan fingerprint density at radius 2 is 2.10 bits per heavy atom. The molecule has 0 amide bonds. The minimum atomic E-state index is -0.415. The minimum Gasteiger partial charge on any atom is -0.494 e. The summed E-state index contributed by atoms with van der Waals surface area (Å²) < 4.78 is 18.8. The summed E-state index contributed by atoms with van der Waals surface area (Å²) in [5, 5.41) is 9.14. The molecule has 0 aliphatic carbocycles. The Kier molecular flexibility index (Phi) is 3.13. The molecular weight excluding hydrogens is 271 g/mol. The van der Waals surface area contributed by atoms with Crippen molar-refractivity contribution in [1.29, 1.82) is 5.41 Å². The van der Waals surface area contributed by atoms with Crippen molar-refractivity contribution in [3.8, 4) is 5.75 Å². The van der Waals surface area contributed by atoms with E-state index in [1.165, 1.54) is 13.2 Å². The zero-order chi connectivity index (χ0) is 15.0. The van der Waals surface area contributed by atoms with E-state index in [4.69, 9.17) is 15.9 Å². The third-order valence-corrected chi connectivity index (χ3v) is 3.48. The van der Waals surface area contributed by atoms with Crippen LogP contribution in [0.25, 0.3) is 0 Å². The van der Waals surface area contributed by atoms with E-state index in [2.05, 4.69) is 5.43 Å². The van der Waals surface area contributed by atoms with E-state index in [9.17, 15) is 4.39 Å². The van der Waals surface area contributed by atoms with Gasteiger partial charge in [0.05, 0.1) is 12.8 Å². The lowest BCUT2D eigenvalue weighted by molar-refractivity contribution is 0.385. The fourth-order valence-electron chi connectivity index (χ4n) is 2.59. The number of para-hydroxylation sites is 1.